The fourth-order valence-corrected chi connectivity index (χ4v) is 3.60. The summed E-state index contributed by atoms with van der Waals surface area (Å²) < 4.78 is 7.82. The van der Waals surface area contributed by atoms with Crippen LogP contribution in [-0.2, 0) is 13.2 Å². The first-order valence-electron chi connectivity index (χ1n) is 10.7. The van der Waals surface area contributed by atoms with E-state index in [-0.39, 0.29) is 5.91 Å². The minimum absolute atomic E-state index is 0.187. The molecular formula is C27H27N3O2. The normalized spacial score (nSPS) is 10.7. The second-order valence-corrected chi connectivity index (χ2v) is 7.99. The largest absolute Gasteiger partial charge is 0.488 e. The number of aryl methyl sites for hydroxylation is 3. The SMILES string of the molecule is Cc1ccccc1Cn1ccc(NC(=O)c2ccc(COc3c(C)cccc3C)cc2)n1. The van der Waals surface area contributed by atoms with Gasteiger partial charge in [-0.2, -0.15) is 5.10 Å². The van der Waals surface area contributed by atoms with Gasteiger partial charge < -0.3 is 10.1 Å². The van der Waals surface area contributed by atoms with Crippen LogP contribution in [0.4, 0.5) is 5.82 Å². The third-order valence-electron chi connectivity index (χ3n) is 5.48. The Hall–Kier alpha value is -3.86. The van der Waals surface area contributed by atoms with E-state index in [1.807, 2.05) is 85.4 Å². The quantitative estimate of drug-likeness (QED) is 0.414. The summed E-state index contributed by atoms with van der Waals surface area (Å²) in [6.07, 6.45) is 1.87. The van der Waals surface area contributed by atoms with Crippen molar-refractivity contribution < 1.29 is 9.53 Å². The van der Waals surface area contributed by atoms with Gasteiger partial charge in [-0.25, -0.2) is 0 Å². The molecule has 4 rings (SSSR count). The second-order valence-electron chi connectivity index (χ2n) is 7.99. The first kappa shape index (κ1) is 21.4. The van der Waals surface area contributed by atoms with E-state index in [4.69, 9.17) is 4.74 Å². The average Bonchev–Trinajstić information content (AvgIpc) is 3.22. The molecule has 1 amide bonds. The number of benzene rings is 3. The van der Waals surface area contributed by atoms with Crippen molar-refractivity contribution in [3.05, 3.63) is 112 Å². The Balaban J connectivity index is 1.35. The summed E-state index contributed by atoms with van der Waals surface area (Å²) in [6.45, 7) is 7.28. The fraction of sp³-hybridized carbons (Fsp3) is 0.185. The highest BCUT2D eigenvalue weighted by Crippen LogP contribution is 2.23. The van der Waals surface area contributed by atoms with Crippen LogP contribution >= 0.6 is 0 Å². The Morgan fingerprint density at radius 3 is 2.28 bits per heavy atom. The molecule has 0 fully saturated rings. The Bertz CT molecular complexity index is 1210. The predicted octanol–water partition coefficient (Wildman–Crippen LogP) is 5.69. The maximum Gasteiger partial charge on any atom is 0.256 e. The minimum Gasteiger partial charge on any atom is -0.488 e. The van der Waals surface area contributed by atoms with Crippen LogP contribution in [0.25, 0.3) is 0 Å². The molecule has 5 heteroatoms. The molecule has 5 nitrogen and oxygen atoms in total. The molecule has 0 atom stereocenters. The van der Waals surface area contributed by atoms with Gasteiger partial charge in [0, 0.05) is 17.8 Å². The summed E-state index contributed by atoms with van der Waals surface area (Å²) in [7, 11) is 0. The summed E-state index contributed by atoms with van der Waals surface area (Å²) >= 11 is 0. The summed E-state index contributed by atoms with van der Waals surface area (Å²) in [4.78, 5) is 12.6. The lowest BCUT2D eigenvalue weighted by Gasteiger charge is -2.12. The summed E-state index contributed by atoms with van der Waals surface area (Å²) in [5.41, 5.74) is 6.23. The second kappa shape index (κ2) is 9.52. The van der Waals surface area contributed by atoms with Crippen molar-refractivity contribution >= 4 is 11.7 Å². The molecule has 0 saturated carbocycles. The van der Waals surface area contributed by atoms with E-state index in [0.717, 1.165) is 22.4 Å². The topological polar surface area (TPSA) is 56.2 Å². The number of carbonyl (C=O) groups excluding carboxylic acids is 1. The van der Waals surface area contributed by atoms with Gasteiger partial charge in [-0.3, -0.25) is 9.48 Å². The molecule has 1 N–H and O–H groups in total. The smallest absolute Gasteiger partial charge is 0.256 e. The van der Waals surface area contributed by atoms with Gasteiger partial charge >= 0.3 is 0 Å². The number of carbonyl (C=O) groups is 1. The Kier molecular flexibility index (Phi) is 6.36. The standard InChI is InChI=1S/C27H27N3O2/c1-19-7-4-5-10-24(19)17-30-16-15-25(29-30)28-27(31)23-13-11-22(12-14-23)18-32-26-20(2)8-6-9-21(26)3/h4-16H,17-18H2,1-3H3,(H,28,29,31). The van der Waals surface area contributed by atoms with Crippen LogP contribution in [0.5, 0.6) is 5.75 Å². The molecule has 1 heterocycles. The van der Waals surface area contributed by atoms with Gasteiger partial charge in [0.15, 0.2) is 5.82 Å². The van der Waals surface area contributed by atoms with E-state index in [9.17, 15) is 4.79 Å². The molecule has 162 valence electrons. The molecule has 0 aliphatic carbocycles. The van der Waals surface area contributed by atoms with Gasteiger partial charge in [-0.15, -0.1) is 0 Å². The van der Waals surface area contributed by atoms with E-state index in [2.05, 4.69) is 29.5 Å². The zero-order valence-electron chi connectivity index (χ0n) is 18.6. The van der Waals surface area contributed by atoms with Crippen molar-refractivity contribution in [1.82, 2.24) is 9.78 Å². The zero-order chi connectivity index (χ0) is 22.5. The first-order chi connectivity index (χ1) is 15.5. The van der Waals surface area contributed by atoms with E-state index in [1.165, 1.54) is 11.1 Å². The molecule has 0 saturated heterocycles. The van der Waals surface area contributed by atoms with Crippen molar-refractivity contribution in [1.29, 1.82) is 0 Å². The van der Waals surface area contributed by atoms with Gasteiger partial charge in [0.2, 0.25) is 0 Å². The van der Waals surface area contributed by atoms with E-state index >= 15 is 0 Å². The molecule has 0 bridgehead atoms. The summed E-state index contributed by atoms with van der Waals surface area (Å²) in [5.74, 6) is 1.26. The van der Waals surface area contributed by atoms with Crippen LogP contribution in [0.2, 0.25) is 0 Å². The third-order valence-corrected chi connectivity index (χ3v) is 5.48. The van der Waals surface area contributed by atoms with Crippen molar-refractivity contribution in [3.63, 3.8) is 0 Å². The fourth-order valence-electron chi connectivity index (χ4n) is 3.60. The molecule has 0 aliphatic rings. The van der Waals surface area contributed by atoms with Crippen LogP contribution in [0.3, 0.4) is 0 Å². The molecule has 3 aromatic carbocycles. The van der Waals surface area contributed by atoms with Gasteiger partial charge in [0.05, 0.1) is 6.54 Å². The number of anilines is 1. The monoisotopic (exact) mass is 425 g/mol. The predicted molar refractivity (Wildman–Crippen MR) is 127 cm³/mol. The number of amides is 1. The van der Waals surface area contributed by atoms with Gasteiger partial charge in [0.1, 0.15) is 12.4 Å². The number of nitrogens with one attached hydrogen (secondary N) is 1. The lowest BCUT2D eigenvalue weighted by molar-refractivity contribution is 0.102. The highest BCUT2D eigenvalue weighted by molar-refractivity contribution is 6.03. The number of aromatic nitrogens is 2. The van der Waals surface area contributed by atoms with Crippen LogP contribution < -0.4 is 10.1 Å². The molecule has 0 aliphatic heterocycles. The van der Waals surface area contributed by atoms with Crippen LogP contribution in [-0.4, -0.2) is 15.7 Å². The lowest BCUT2D eigenvalue weighted by Crippen LogP contribution is -2.13. The van der Waals surface area contributed by atoms with Crippen LogP contribution in [0, 0.1) is 20.8 Å². The molecule has 0 radical (unpaired) electrons. The number of hydrogen-bond acceptors (Lipinski definition) is 3. The number of rotatable bonds is 7. The van der Waals surface area contributed by atoms with Crippen molar-refractivity contribution in [2.24, 2.45) is 0 Å². The highest BCUT2D eigenvalue weighted by atomic mass is 16.5. The number of nitrogens with zero attached hydrogens (tertiary/aromatic N) is 2. The Labute approximate surface area is 188 Å². The van der Waals surface area contributed by atoms with Crippen molar-refractivity contribution in [2.75, 3.05) is 5.32 Å². The number of para-hydroxylation sites is 1. The number of hydrogen-bond donors (Lipinski definition) is 1. The Morgan fingerprint density at radius 1 is 0.875 bits per heavy atom. The average molecular weight is 426 g/mol. The van der Waals surface area contributed by atoms with Gasteiger partial charge in [-0.1, -0.05) is 54.6 Å². The van der Waals surface area contributed by atoms with Gasteiger partial charge in [0.25, 0.3) is 5.91 Å². The van der Waals surface area contributed by atoms with E-state index < -0.39 is 0 Å². The van der Waals surface area contributed by atoms with Crippen LogP contribution in [0.1, 0.15) is 38.2 Å². The first-order valence-corrected chi connectivity index (χ1v) is 10.7. The van der Waals surface area contributed by atoms with Gasteiger partial charge in [-0.05, 0) is 60.7 Å². The van der Waals surface area contributed by atoms with E-state index in [1.54, 1.807) is 0 Å². The summed E-state index contributed by atoms with van der Waals surface area (Å²) in [5, 5.41) is 7.34. The zero-order valence-corrected chi connectivity index (χ0v) is 18.6. The van der Waals surface area contributed by atoms with Crippen molar-refractivity contribution in [2.45, 2.75) is 33.9 Å². The van der Waals surface area contributed by atoms with Crippen LogP contribution in [0.15, 0.2) is 79.0 Å². The molecule has 1 aromatic heterocycles. The maximum atomic E-state index is 12.6. The molecule has 0 unspecified atom stereocenters. The summed E-state index contributed by atoms with van der Waals surface area (Å²) in [6, 6.07) is 23.6. The third kappa shape index (κ3) is 5.06. The maximum absolute atomic E-state index is 12.6. The Morgan fingerprint density at radius 2 is 1.56 bits per heavy atom. The highest BCUT2D eigenvalue weighted by Gasteiger charge is 2.10. The molecular weight excluding hydrogens is 398 g/mol. The molecule has 32 heavy (non-hydrogen) atoms. The van der Waals surface area contributed by atoms with E-state index in [0.29, 0.717) is 24.5 Å². The lowest BCUT2D eigenvalue weighted by atomic mass is 10.1. The molecule has 0 spiro atoms. The molecule has 4 aromatic rings. The number of ether oxygens (including phenoxy) is 1. The van der Waals surface area contributed by atoms with Crippen molar-refractivity contribution in [3.8, 4) is 5.75 Å². The minimum atomic E-state index is -0.187.